The number of rotatable bonds is 4. The molecule has 4 rings (SSSR count). The highest BCUT2D eigenvalue weighted by molar-refractivity contribution is 5.74. The summed E-state index contributed by atoms with van der Waals surface area (Å²) in [5, 5.41) is 6.89. The van der Waals surface area contributed by atoms with Crippen molar-refractivity contribution in [1.29, 1.82) is 0 Å². The molecule has 1 saturated heterocycles. The highest BCUT2D eigenvalue weighted by atomic mass is 16.5. The molecule has 0 spiro atoms. The van der Waals surface area contributed by atoms with Crippen molar-refractivity contribution in [3.8, 4) is 11.5 Å². The first-order valence-corrected chi connectivity index (χ1v) is 8.79. The van der Waals surface area contributed by atoms with E-state index >= 15 is 0 Å². The highest BCUT2D eigenvalue weighted by Crippen LogP contribution is 2.39. The van der Waals surface area contributed by atoms with E-state index in [1.165, 1.54) is 0 Å². The van der Waals surface area contributed by atoms with Crippen molar-refractivity contribution in [2.24, 2.45) is 0 Å². The summed E-state index contributed by atoms with van der Waals surface area (Å²) >= 11 is 0. The summed E-state index contributed by atoms with van der Waals surface area (Å²) in [5.74, 6) is 0.780. The van der Waals surface area contributed by atoms with Gasteiger partial charge in [0.25, 0.3) is 0 Å². The zero-order valence-electron chi connectivity index (χ0n) is 14.8. The molecule has 1 aliphatic heterocycles. The third kappa shape index (κ3) is 3.48. The Morgan fingerprint density at radius 1 is 1.22 bits per heavy atom. The van der Waals surface area contributed by atoms with Gasteiger partial charge in [0.15, 0.2) is 0 Å². The van der Waals surface area contributed by atoms with E-state index in [-0.39, 0.29) is 17.9 Å². The zero-order valence-corrected chi connectivity index (χ0v) is 14.8. The summed E-state index contributed by atoms with van der Waals surface area (Å²) in [7, 11) is 0. The lowest BCUT2D eigenvalue weighted by atomic mass is 9.90. The molecule has 138 valence electrons. The predicted molar refractivity (Wildman–Crippen MR) is 95.7 cm³/mol. The number of likely N-dealkylation sites (tertiary alicyclic amines) is 1. The minimum absolute atomic E-state index is 0.0245. The van der Waals surface area contributed by atoms with Crippen molar-refractivity contribution in [2.45, 2.75) is 18.8 Å². The van der Waals surface area contributed by atoms with Crippen LogP contribution in [0.4, 0.5) is 4.79 Å². The molecule has 0 saturated carbocycles. The number of amides is 2. The third-order valence-electron chi connectivity index (χ3n) is 4.60. The fraction of sp³-hybridized carbons (Fsp3) is 0.333. The van der Waals surface area contributed by atoms with Gasteiger partial charge < -0.3 is 14.7 Å². The smallest absolute Gasteiger partial charge is 0.317 e. The molecule has 0 unspecified atom stereocenters. The Kier molecular flexibility index (Phi) is 4.73. The van der Waals surface area contributed by atoms with E-state index in [1.54, 1.807) is 29.7 Å². The maximum absolute atomic E-state index is 12.3. The fourth-order valence-electron chi connectivity index (χ4n) is 3.32. The summed E-state index contributed by atoms with van der Waals surface area (Å²) < 4.78 is 5.54. The van der Waals surface area contributed by atoms with E-state index in [9.17, 15) is 4.79 Å². The molecule has 1 aliphatic rings. The first kappa shape index (κ1) is 17.1. The Morgan fingerprint density at radius 2 is 2.07 bits per heavy atom. The van der Waals surface area contributed by atoms with Crippen molar-refractivity contribution in [1.82, 2.24) is 35.3 Å². The van der Waals surface area contributed by atoms with Crippen LogP contribution < -0.4 is 5.32 Å². The van der Waals surface area contributed by atoms with Crippen molar-refractivity contribution in [3.05, 3.63) is 54.6 Å². The second kappa shape index (κ2) is 7.48. The lowest BCUT2D eigenvalue weighted by Gasteiger charge is -2.16. The first-order chi connectivity index (χ1) is 13.3. The molecular weight excluding hydrogens is 346 g/mol. The number of urea groups is 1. The maximum atomic E-state index is 12.3. The van der Waals surface area contributed by atoms with E-state index in [1.807, 2.05) is 25.3 Å². The molecule has 3 aromatic rings. The van der Waals surface area contributed by atoms with E-state index in [2.05, 4.69) is 30.4 Å². The number of nitrogens with zero attached hydrogens (tertiary/aromatic N) is 6. The van der Waals surface area contributed by atoms with Crippen molar-refractivity contribution in [2.75, 3.05) is 19.6 Å². The van der Waals surface area contributed by atoms with Gasteiger partial charge >= 0.3 is 6.03 Å². The van der Waals surface area contributed by atoms with Gasteiger partial charge in [-0.3, -0.25) is 9.97 Å². The van der Waals surface area contributed by atoms with Gasteiger partial charge in [0.05, 0.1) is 12.1 Å². The summed E-state index contributed by atoms with van der Waals surface area (Å²) in [6.07, 6.45) is 8.30. The van der Waals surface area contributed by atoms with Crippen LogP contribution >= 0.6 is 0 Å². The standard InChI is InChI=1S/C18H19N7O2/c1-2-21-18(26)25-10-13(12-4-3-5-19-8-12)14(11-25)17-23-16(24-27-17)15-9-20-6-7-22-15/h3-9,13-14H,2,10-11H2,1H3,(H,21,26)/t13-,14+/m0/s1. The van der Waals surface area contributed by atoms with Crippen LogP contribution in [0.2, 0.25) is 0 Å². The Labute approximate surface area is 155 Å². The Balaban J connectivity index is 1.64. The van der Waals surface area contributed by atoms with Crippen LogP contribution in [-0.4, -0.2) is 55.7 Å². The number of pyridine rings is 1. The molecule has 0 radical (unpaired) electrons. The molecule has 9 nitrogen and oxygen atoms in total. The monoisotopic (exact) mass is 365 g/mol. The molecule has 0 aliphatic carbocycles. The van der Waals surface area contributed by atoms with Crippen molar-refractivity contribution in [3.63, 3.8) is 0 Å². The number of carbonyl (C=O) groups excluding carboxylic acids is 1. The molecule has 0 aromatic carbocycles. The van der Waals surface area contributed by atoms with Crippen LogP contribution in [-0.2, 0) is 0 Å². The average molecular weight is 365 g/mol. The second-order valence-corrected chi connectivity index (χ2v) is 6.29. The van der Waals surface area contributed by atoms with E-state index in [4.69, 9.17) is 4.52 Å². The Bertz CT molecular complexity index is 900. The van der Waals surface area contributed by atoms with Crippen LogP contribution in [0.1, 0.15) is 30.2 Å². The lowest BCUT2D eigenvalue weighted by Crippen LogP contribution is -2.38. The van der Waals surface area contributed by atoms with Crippen LogP contribution in [0.3, 0.4) is 0 Å². The largest absolute Gasteiger partial charge is 0.339 e. The molecule has 0 bridgehead atoms. The minimum atomic E-state index is -0.116. The molecule has 1 N–H and O–H groups in total. The molecule has 4 heterocycles. The van der Waals surface area contributed by atoms with Gasteiger partial charge in [-0.25, -0.2) is 9.78 Å². The SMILES string of the molecule is CCNC(=O)N1C[C@@H](c2cccnc2)[C@H](c2nc(-c3cnccn3)no2)C1. The molecular formula is C18H19N7O2. The zero-order chi connectivity index (χ0) is 18.6. The second-order valence-electron chi connectivity index (χ2n) is 6.29. The summed E-state index contributed by atoms with van der Waals surface area (Å²) in [5.41, 5.74) is 1.58. The molecule has 2 amide bonds. The highest BCUT2D eigenvalue weighted by Gasteiger charge is 2.40. The molecule has 9 heteroatoms. The molecule has 1 fully saturated rings. The molecule has 3 aromatic heterocycles. The van der Waals surface area contributed by atoms with Crippen LogP contribution in [0, 0.1) is 0 Å². The van der Waals surface area contributed by atoms with Crippen molar-refractivity contribution >= 4 is 6.03 Å². The van der Waals surface area contributed by atoms with Gasteiger partial charge in [0, 0.05) is 50.3 Å². The summed E-state index contributed by atoms with van der Waals surface area (Å²) in [4.78, 5) is 31.1. The van der Waals surface area contributed by atoms with Crippen molar-refractivity contribution < 1.29 is 9.32 Å². The fourth-order valence-corrected chi connectivity index (χ4v) is 3.32. The minimum Gasteiger partial charge on any atom is -0.339 e. The topological polar surface area (TPSA) is 110 Å². The van der Waals surface area contributed by atoms with Gasteiger partial charge in [-0.1, -0.05) is 11.2 Å². The normalized spacial score (nSPS) is 19.2. The molecule has 27 heavy (non-hydrogen) atoms. The average Bonchev–Trinajstić information content (AvgIpc) is 3.37. The van der Waals surface area contributed by atoms with E-state index < -0.39 is 0 Å². The van der Waals surface area contributed by atoms with E-state index in [0.717, 1.165) is 5.56 Å². The number of hydrogen-bond donors (Lipinski definition) is 1. The maximum Gasteiger partial charge on any atom is 0.317 e. The Hall–Kier alpha value is -3.36. The predicted octanol–water partition coefficient (Wildman–Crippen LogP) is 1.83. The summed E-state index contributed by atoms with van der Waals surface area (Å²) in [6.45, 7) is 3.53. The van der Waals surface area contributed by atoms with Gasteiger partial charge in [-0.15, -0.1) is 0 Å². The first-order valence-electron chi connectivity index (χ1n) is 8.79. The van der Waals surface area contributed by atoms with Crippen LogP contribution in [0.25, 0.3) is 11.5 Å². The number of carbonyl (C=O) groups is 1. The third-order valence-corrected chi connectivity index (χ3v) is 4.60. The number of nitrogens with one attached hydrogen (secondary N) is 1. The van der Waals surface area contributed by atoms with Crippen LogP contribution in [0.5, 0.6) is 0 Å². The van der Waals surface area contributed by atoms with Gasteiger partial charge in [-0.05, 0) is 18.6 Å². The lowest BCUT2D eigenvalue weighted by molar-refractivity contribution is 0.208. The van der Waals surface area contributed by atoms with Gasteiger partial charge in [0.2, 0.25) is 11.7 Å². The van der Waals surface area contributed by atoms with E-state index in [0.29, 0.717) is 37.0 Å². The summed E-state index contributed by atoms with van der Waals surface area (Å²) in [6, 6.07) is 3.80. The van der Waals surface area contributed by atoms with Crippen LogP contribution in [0.15, 0.2) is 47.6 Å². The number of aromatic nitrogens is 5. The Morgan fingerprint density at radius 3 is 2.81 bits per heavy atom. The van der Waals surface area contributed by atoms with Gasteiger partial charge in [0.1, 0.15) is 5.69 Å². The number of hydrogen-bond acceptors (Lipinski definition) is 7. The molecule has 2 atom stereocenters. The quantitative estimate of drug-likeness (QED) is 0.751. The van der Waals surface area contributed by atoms with Gasteiger partial charge in [-0.2, -0.15) is 4.98 Å².